The summed E-state index contributed by atoms with van der Waals surface area (Å²) in [4.78, 5) is 12.2. The molecular formula is C19H14F2N2O3S. The van der Waals surface area contributed by atoms with Crippen LogP contribution in [0.4, 0.5) is 20.2 Å². The monoisotopic (exact) mass is 388 g/mol. The maximum absolute atomic E-state index is 12.9. The van der Waals surface area contributed by atoms with Crippen molar-refractivity contribution in [3.05, 3.63) is 90.0 Å². The molecule has 0 atom stereocenters. The number of hydrogen-bond donors (Lipinski definition) is 2. The minimum absolute atomic E-state index is 0.112. The van der Waals surface area contributed by atoms with Crippen molar-refractivity contribution < 1.29 is 22.0 Å². The first kappa shape index (κ1) is 18.5. The molecule has 0 aliphatic rings. The van der Waals surface area contributed by atoms with Crippen molar-refractivity contribution in [3.8, 4) is 0 Å². The van der Waals surface area contributed by atoms with Gasteiger partial charge in [-0.15, -0.1) is 0 Å². The highest BCUT2D eigenvalue weighted by molar-refractivity contribution is 7.92. The van der Waals surface area contributed by atoms with Gasteiger partial charge in [-0.2, -0.15) is 0 Å². The summed E-state index contributed by atoms with van der Waals surface area (Å²) < 4.78 is 53.1. The molecule has 0 saturated heterocycles. The molecule has 0 saturated carbocycles. The molecular weight excluding hydrogens is 374 g/mol. The Morgan fingerprint density at radius 3 is 1.93 bits per heavy atom. The van der Waals surface area contributed by atoms with Crippen LogP contribution in [-0.2, 0) is 10.0 Å². The van der Waals surface area contributed by atoms with Gasteiger partial charge in [-0.05, 0) is 66.7 Å². The molecule has 0 unspecified atom stereocenters. The van der Waals surface area contributed by atoms with Crippen molar-refractivity contribution in [1.29, 1.82) is 0 Å². The summed E-state index contributed by atoms with van der Waals surface area (Å²) in [5, 5.41) is 2.56. The molecule has 3 aromatic carbocycles. The first-order valence-corrected chi connectivity index (χ1v) is 9.27. The van der Waals surface area contributed by atoms with E-state index in [1.165, 1.54) is 60.7 Å². The van der Waals surface area contributed by atoms with Gasteiger partial charge < -0.3 is 5.32 Å². The predicted molar refractivity (Wildman–Crippen MR) is 98.0 cm³/mol. The Morgan fingerprint density at radius 1 is 0.778 bits per heavy atom. The van der Waals surface area contributed by atoms with Crippen molar-refractivity contribution in [1.82, 2.24) is 0 Å². The lowest BCUT2D eigenvalue weighted by Crippen LogP contribution is -2.16. The minimum Gasteiger partial charge on any atom is -0.322 e. The topological polar surface area (TPSA) is 75.3 Å². The number of benzene rings is 3. The molecule has 27 heavy (non-hydrogen) atoms. The Kier molecular flexibility index (Phi) is 5.18. The molecule has 0 radical (unpaired) electrons. The average molecular weight is 388 g/mol. The third-order valence-electron chi connectivity index (χ3n) is 3.61. The van der Waals surface area contributed by atoms with Gasteiger partial charge in [0.2, 0.25) is 0 Å². The molecule has 0 spiro atoms. The largest absolute Gasteiger partial charge is 0.322 e. The van der Waals surface area contributed by atoms with Crippen LogP contribution < -0.4 is 10.0 Å². The van der Waals surface area contributed by atoms with E-state index in [4.69, 9.17) is 0 Å². The van der Waals surface area contributed by atoms with Crippen molar-refractivity contribution in [2.45, 2.75) is 4.90 Å². The van der Waals surface area contributed by atoms with Crippen LogP contribution in [0.3, 0.4) is 0 Å². The van der Waals surface area contributed by atoms with Gasteiger partial charge in [-0.25, -0.2) is 17.2 Å². The zero-order chi connectivity index (χ0) is 19.4. The highest BCUT2D eigenvalue weighted by atomic mass is 32.2. The quantitative estimate of drug-likeness (QED) is 0.693. The molecule has 2 N–H and O–H groups in total. The standard InChI is InChI=1S/C19H14F2N2O3S/c20-14-4-8-16(9-5-14)22-19(24)13-2-1-3-18(12-13)27(25,26)23-17-10-6-15(21)7-11-17/h1-12,23H,(H,22,24). The number of hydrogen-bond acceptors (Lipinski definition) is 3. The van der Waals surface area contributed by atoms with E-state index in [2.05, 4.69) is 10.0 Å². The molecule has 0 aliphatic carbocycles. The van der Waals surface area contributed by atoms with Gasteiger partial charge in [-0.1, -0.05) is 6.07 Å². The molecule has 8 heteroatoms. The zero-order valence-corrected chi connectivity index (χ0v) is 14.6. The van der Waals surface area contributed by atoms with Crippen LogP contribution in [0.25, 0.3) is 0 Å². The summed E-state index contributed by atoms with van der Waals surface area (Å²) in [5.74, 6) is -1.47. The summed E-state index contributed by atoms with van der Waals surface area (Å²) in [5.41, 5.74) is 0.679. The van der Waals surface area contributed by atoms with E-state index in [9.17, 15) is 22.0 Å². The van der Waals surface area contributed by atoms with E-state index in [-0.39, 0.29) is 16.1 Å². The molecule has 1 amide bonds. The Balaban J connectivity index is 1.80. The van der Waals surface area contributed by atoms with E-state index >= 15 is 0 Å². The molecule has 0 heterocycles. The Hall–Kier alpha value is -3.26. The lowest BCUT2D eigenvalue weighted by molar-refractivity contribution is 0.102. The van der Waals surface area contributed by atoms with E-state index in [0.29, 0.717) is 5.69 Å². The van der Waals surface area contributed by atoms with Gasteiger partial charge in [0, 0.05) is 16.9 Å². The fourth-order valence-electron chi connectivity index (χ4n) is 2.27. The summed E-state index contributed by atoms with van der Waals surface area (Å²) in [6, 6.07) is 15.4. The average Bonchev–Trinajstić information content (AvgIpc) is 2.65. The third-order valence-corrected chi connectivity index (χ3v) is 4.98. The molecule has 0 bridgehead atoms. The second kappa shape index (κ2) is 7.55. The van der Waals surface area contributed by atoms with Crippen LogP contribution in [-0.4, -0.2) is 14.3 Å². The Bertz CT molecular complexity index is 1070. The van der Waals surface area contributed by atoms with E-state index in [1.807, 2.05) is 0 Å². The number of rotatable bonds is 5. The van der Waals surface area contributed by atoms with Crippen molar-refractivity contribution in [2.24, 2.45) is 0 Å². The number of carbonyl (C=O) groups is 1. The van der Waals surface area contributed by atoms with Crippen LogP contribution in [0.15, 0.2) is 77.7 Å². The van der Waals surface area contributed by atoms with E-state index < -0.39 is 27.6 Å². The number of anilines is 2. The smallest absolute Gasteiger partial charge is 0.261 e. The predicted octanol–water partition coefficient (Wildman–Crippen LogP) is 4.02. The van der Waals surface area contributed by atoms with E-state index in [1.54, 1.807) is 0 Å². The minimum atomic E-state index is -3.96. The summed E-state index contributed by atoms with van der Waals surface area (Å²) in [7, 11) is -3.96. The van der Waals surface area contributed by atoms with Crippen LogP contribution in [0.5, 0.6) is 0 Å². The fourth-order valence-corrected chi connectivity index (χ4v) is 3.38. The number of nitrogens with one attached hydrogen (secondary N) is 2. The van der Waals surface area contributed by atoms with Crippen LogP contribution in [0, 0.1) is 11.6 Å². The van der Waals surface area contributed by atoms with E-state index in [0.717, 1.165) is 12.1 Å². The van der Waals surface area contributed by atoms with Gasteiger partial charge in [0.25, 0.3) is 15.9 Å². The molecule has 0 fully saturated rings. The number of sulfonamides is 1. The lowest BCUT2D eigenvalue weighted by atomic mass is 10.2. The van der Waals surface area contributed by atoms with Crippen molar-refractivity contribution in [2.75, 3.05) is 10.0 Å². The second-order valence-corrected chi connectivity index (χ2v) is 7.28. The second-order valence-electron chi connectivity index (χ2n) is 5.60. The van der Waals surface area contributed by atoms with Gasteiger partial charge >= 0.3 is 0 Å². The highest BCUT2D eigenvalue weighted by Crippen LogP contribution is 2.18. The third kappa shape index (κ3) is 4.68. The summed E-state index contributed by atoms with van der Waals surface area (Å²) in [6.45, 7) is 0. The maximum Gasteiger partial charge on any atom is 0.261 e. The summed E-state index contributed by atoms with van der Waals surface area (Å²) >= 11 is 0. The molecule has 3 rings (SSSR count). The van der Waals surface area contributed by atoms with Gasteiger partial charge in [0.15, 0.2) is 0 Å². The van der Waals surface area contributed by atoms with Crippen LogP contribution >= 0.6 is 0 Å². The Labute approximate surface area is 154 Å². The molecule has 138 valence electrons. The first-order chi connectivity index (χ1) is 12.8. The lowest BCUT2D eigenvalue weighted by Gasteiger charge is -2.10. The Morgan fingerprint density at radius 2 is 1.33 bits per heavy atom. The van der Waals surface area contributed by atoms with Crippen LogP contribution in [0.1, 0.15) is 10.4 Å². The number of carbonyl (C=O) groups excluding carboxylic acids is 1. The van der Waals surface area contributed by atoms with Crippen LogP contribution in [0.2, 0.25) is 0 Å². The maximum atomic E-state index is 12.9. The molecule has 3 aromatic rings. The number of amides is 1. The van der Waals surface area contributed by atoms with Gasteiger partial charge in [-0.3, -0.25) is 9.52 Å². The number of halogens is 2. The van der Waals surface area contributed by atoms with Crippen molar-refractivity contribution >= 4 is 27.3 Å². The van der Waals surface area contributed by atoms with Gasteiger partial charge in [0.05, 0.1) is 4.90 Å². The molecule has 5 nitrogen and oxygen atoms in total. The molecule has 0 aromatic heterocycles. The van der Waals surface area contributed by atoms with Crippen molar-refractivity contribution in [3.63, 3.8) is 0 Å². The van der Waals surface area contributed by atoms with Gasteiger partial charge in [0.1, 0.15) is 11.6 Å². The first-order valence-electron chi connectivity index (χ1n) is 7.79. The fraction of sp³-hybridized carbons (Fsp3) is 0. The zero-order valence-electron chi connectivity index (χ0n) is 13.8. The molecule has 0 aliphatic heterocycles. The normalized spacial score (nSPS) is 11.0. The highest BCUT2D eigenvalue weighted by Gasteiger charge is 2.17. The summed E-state index contributed by atoms with van der Waals surface area (Å²) in [6.07, 6.45) is 0. The SMILES string of the molecule is O=C(Nc1ccc(F)cc1)c1cccc(S(=O)(=O)Nc2ccc(F)cc2)c1.